The summed E-state index contributed by atoms with van der Waals surface area (Å²) >= 11 is 0. The lowest BCUT2D eigenvalue weighted by Gasteiger charge is -2.34. The van der Waals surface area contributed by atoms with E-state index in [-0.39, 0.29) is 17.9 Å². The number of carbonyl (C=O) groups is 1. The van der Waals surface area contributed by atoms with Gasteiger partial charge in [-0.2, -0.15) is 5.10 Å². The fourth-order valence-corrected chi connectivity index (χ4v) is 3.59. The third-order valence-electron chi connectivity index (χ3n) is 4.85. The van der Waals surface area contributed by atoms with Gasteiger partial charge in [0.05, 0.1) is 12.0 Å². The summed E-state index contributed by atoms with van der Waals surface area (Å²) in [5.74, 6) is 1.21. The number of hydrogen-bond acceptors (Lipinski definition) is 5. The Morgan fingerprint density at radius 2 is 2.22 bits per heavy atom. The molecule has 0 saturated carbocycles. The highest BCUT2D eigenvalue weighted by molar-refractivity contribution is 5.79. The molecule has 6 heteroatoms. The van der Waals surface area contributed by atoms with E-state index in [1.165, 1.54) is 0 Å². The van der Waals surface area contributed by atoms with E-state index in [0.717, 1.165) is 64.3 Å². The predicted molar refractivity (Wildman–Crippen MR) is 88.2 cm³/mol. The fourth-order valence-electron chi connectivity index (χ4n) is 3.59. The quantitative estimate of drug-likeness (QED) is 0.849. The van der Waals surface area contributed by atoms with Crippen LogP contribution in [0.2, 0.25) is 0 Å². The minimum absolute atomic E-state index is 0.0387. The largest absolute Gasteiger partial charge is 0.377 e. The maximum absolute atomic E-state index is 12.9. The van der Waals surface area contributed by atoms with Gasteiger partial charge in [-0.25, -0.2) is 0 Å². The van der Waals surface area contributed by atoms with E-state index in [1.54, 1.807) is 6.20 Å². The van der Waals surface area contributed by atoms with E-state index in [0.29, 0.717) is 0 Å². The van der Waals surface area contributed by atoms with Crippen LogP contribution < -0.4 is 4.90 Å². The molecular formula is C17H26N4O2. The summed E-state index contributed by atoms with van der Waals surface area (Å²) in [6.07, 6.45) is 5.61. The summed E-state index contributed by atoms with van der Waals surface area (Å²) in [6.45, 7) is 6.21. The second-order valence-electron chi connectivity index (χ2n) is 6.31. The zero-order valence-corrected chi connectivity index (χ0v) is 13.9. The molecular weight excluding hydrogens is 292 g/mol. The first kappa shape index (κ1) is 16.2. The first-order valence-electron chi connectivity index (χ1n) is 8.72. The summed E-state index contributed by atoms with van der Waals surface area (Å²) in [6, 6.07) is 3.88. The number of aromatic nitrogens is 2. The average molecular weight is 318 g/mol. The van der Waals surface area contributed by atoms with Crippen molar-refractivity contribution in [3.05, 3.63) is 18.3 Å². The van der Waals surface area contributed by atoms with E-state index < -0.39 is 0 Å². The van der Waals surface area contributed by atoms with Gasteiger partial charge in [0.1, 0.15) is 0 Å². The number of rotatable bonds is 3. The third-order valence-corrected chi connectivity index (χ3v) is 4.85. The van der Waals surface area contributed by atoms with Crippen molar-refractivity contribution in [2.45, 2.75) is 38.7 Å². The van der Waals surface area contributed by atoms with Crippen LogP contribution in [0.1, 0.15) is 32.6 Å². The third kappa shape index (κ3) is 3.80. The second-order valence-corrected chi connectivity index (χ2v) is 6.31. The van der Waals surface area contributed by atoms with Gasteiger partial charge >= 0.3 is 0 Å². The van der Waals surface area contributed by atoms with Gasteiger partial charge in [0, 0.05) is 39.0 Å². The standard InChI is InChI=1S/C17H26N4O2/c1-2-15-14(6-4-13-23-15)17(22)21-10-5-9-20(11-12-21)16-7-3-8-18-19-16/h3,7-8,14-15H,2,4-6,9-13H2,1H3/t14-,15+/m0/s1. The number of ether oxygens (including phenoxy) is 1. The molecule has 2 fully saturated rings. The first-order chi connectivity index (χ1) is 11.3. The minimum atomic E-state index is 0.0387. The Hall–Kier alpha value is -1.69. The Labute approximate surface area is 137 Å². The normalized spacial score (nSPS) is 26.0. The van der Waals surface area contributed by atoms with Crippen molar-refractivity contribution in [3.8, 4) is 0 Å². The van der Waals surface area contributed by atoms with Gasteiger partial charge < -0.3 is 14.5 Å². The highest BCUT2D eigenvalue weighted by Crippen LogP contribution is 2.26. The molecule has 3 rings (SSSR count). The second kappa shape index (κ2) is 7.73. The highest BCUT2D eigenvalue weighted by Gasteiger charge is 2.34. The lowest BCUT2D eigenvalue weighted by atomic mass is 9.91. The van der Waals surface area contributed by atoms with Gasteiger partial charge in [-0.05, 0) is 37.8 Å². The topological polar surface area (TPSA) is 58.6 Å². The van der Waals surface area contributed by atoms with Crippen LogP contribution in [0.4, 0.5) is 5.82 Å². The van der Waals surface area contributed by atoms with Gasteiger partial charge in [0.2, 0.25) is 5.91 Å². The van der Waals surface area contributed by atoms with Crippen LogP contribution in [-0.4, -0.2) is 59.9 Å². The van der Waals surface area contributed by atoms with Crippen molar-refractivity contribution < 1.29 is 9.53 Å². The number of carbonyl (C=O) groups excluding carboxylic acids is 1. The highest BCUT2D eigenvalue weighted by atomic mass is 16.5. The van der Waals surface area contributed by atoms with Crippen LogP contribution in [0.5, 0.6) is 0 Å². The first-order valence-corrected chi connectivity index (χ1v) is 8.72. The monoisotopic (exact) mass is 318 g/mol. The SMILES string of the molecule is CC[C@H]1OCCC[C@@H]1C(=O)N1CCCN(c2cccnn2)CC1. The summed E-state index contributed by atoms with van der Waals surface area (Å²) < 4.78 is 5.80. The molecule has 0 unspecified atom stereocenters. The van der Waals surface area contributed by atoms with Crippen LogP contribution in [0.3, 0.4) is 0 Å². The lowest BCUT2D eigenvalue weighted by Crippen LogP contribution is -2.45. The van der Waals surface area contributed by atoms with Gasteiger partial charge in [0.15, 0.2) is 5.82 Å². The molecule has 126 valence electrons. The molecule has 0 aromatic carbocycles. The Balaban J connectivity index is 1.62. The molecule has 2 saturated heterocycles. The molecule has 2 aliphatic rings. The maximum atomic E-state index is 12.9. The number of amides is 1. The van der Waals surface area contributed by atoms with Crippen molar-refractivity contribution in [1.82, 2.24) is 15.1 Å². The van der Waals surface area contributed by atoms with Crippen molar-refractivity contribution in [2.75, 3.05) is 37.7 Å². The molecule has 0 bridgehead atoms. The van der Waals surface area contributed by atoms with Crippen LogP contribution in [0.15, 0.2) is 18.3 Å². The van der Waals surface area contributed by atoms with Gasteiger partial charge in [-0.15, -0.1) is 5.10 Å². The number of nitrogens with zero attached hydrogens (tertiary/aromatic N) is 4. The molecule has 1 aromatic rings. The molecule has 1 amide bonds. The lowest BCUT2D eigenvalue weighted by molar-refractivity contribution is -0.145. The van der Waals surface area contributed by atoms with Crippen molar-refractivity contribution >= 4 is 11.7 Å². The van der Waals surface area contributed by atoms with Gasteiger partial charge in [-0.1, -0.05) is 6.92 Å². The van der Waals surface area contributed by atoms with E-state index in [2.05, 4.69) is 22.0 Å². The summed E-state index contributed by atoms with van der Waals surface area (Å²) in [5.41, 5.74) is 0. The molecule has 2 atom stereocenters. The number of hydrogen-bond donors (Lipinski definition) is 0. The summed E-state index contributed by atoms with van der Waals surface area (Å²) in [7, 11) is 0. The molecule has 1 aromatic heterocycles. The fraction of sp³-hybridized carbons (Fsp3) is 0.706. The number of anilines is 1. The van der Waals surface area contributed by atoms with E-state index in [1.807, 2.05) is 17.0 Å². The van der Waals surface area contributed by atoms with Crippen molar-refractivity contribution in [2.24, 2.45) is 5.92 Å². The Kier molecular flexibility index (Phi) is 5.43. The van der Waals surface area contributed by atoms with Gasteiger partial charge in [0.25, 0.3) is 0 Å². The van der Waals surface area contributed by atoms with E-state index in [9.17, 15) is 4.79 Å². The minimum Gasteiger partial charge on any atom is -0.377 e. The average Bonchev–Trinajstić information content (AvgIpc) is 2.88. The Morgan fingerprint density at radius 3 is 3.00 bits per heavy atom. The van der Waals surface area contributed by atoms with Crippen LogP contribution >= 0.6 is 0 Å². The molecule has 2 aliphatic heterocycles. The summed E-state index contributed by atoms with van der Waals surface area (Å²) in [5, 5.41) is 8.13. The Morgan fingerprint density at radius 1 is 1.30 bits per heavy atom. The zero-order valence-electron chi connectivity index (χ0n) is 13.9. The van der Waals surface area contributed by atoms with Gasteiger partial charge in [-0.3, -0.25) is 4.79 Å². The maximum Gasteiger partial charge on any atom is 0.228 e. The van der Waals surface area contributed by atoms with Crippen LogP contribution in [-0.2, 0) is 9.53 Å². The summed E-state index contributed by atoms with van der Waals surface area (Å²) in [4.78, 5) is 17.2. The Bertz CT molecular complexity index is 511. The molecule has 0 radical (unpaired) electrons. The smallest absolute Gasteiger partial charge is 0.228 e. The molecule has 0 aliphatic carbocycles. The molecule has 0 spiro atoms. The zero-order chi connectivity index (χ0) is 16.1. The van der Waals surface area contributed by atoms with Crippen LogP contribution in [0, 0.1) is 5.92 Å². The van der Waals surface area contributed by atoms with Crippen molar-refractivity contribution in [3.63, 3.8) is 0 Å². The van der Waals surface area contributed by atoms with Crippen molar-refractivity contribution in [1.29, 1.82) is 0 Å². The predicted octanol–water partition coefficient (Wildman–Crippen LogP) is 1.72. The van der Waals surface area contributed by atoms with E-state index in [4.69, 9.17) is 4.74 Å². The van der Waals surface area contributed by atoms with Crippen LogP contribution in [0.25, 0.3) is 0 Å². The molecule has 6 nitrogen and oxygen atoms in total. The molecule has 23 heavy (non-hydrogen) atoms. The molecule has 3 heterocycles. The van der Waals surface area contributed by atoms with E-state index >= 15 is 0 Å². The molecule has 0 N–H and O–H groups in total.